The summed E-state index contributed by atoms with van der Waals surface area (Å²) in [5, 5.41) is 0. The summed E-state index contributed by atoms with van der Waals surface area (Å²) < 4.78 is 0. The van der Waals surface area contributed by atoms with Gasteiger partial charge in [-0.25, -0.2) is 0 Å². The minimum atomic E-state index is -0.213. The van der Waals surface area contributed by atoms with Crippen LogP contribution in [-0.2, 0) is 4.79 Å². The highest BCUT2D eigenvalue weighted by atomic mass is 35.5. The Morgan fingerprint density at radius 2 is 1.86 bits per heavy atom. The quantitative estimate of drug-likeness (QED) is 0.584. The molecule has 0 fully saturated rings. The summed E-state index contributed by atoms with van der Waals surface area (Å²) in [6, 6.07) is 0. The number of carbonyl (C=O) groups is 1. The molecule has 0 aromatic rings. The van der Waals surface area contributed by atoms with Crippen LogP contribution < -0.4 is 4.84 Å². The number of hydrogen-bond acceptors (Lipinski definition) is 2. The van der Waals surface area contributed by atoms with Crippen molar-refractivity contribution < 1.29 is 4.79 Å². The van der Waals surface area contributed by atoms with Crippen molar-refractivity contribution in [3.05, 3.63) is 11.6 Å². The molecule has 4 heteroatoms. The van der Waals surface area contributed by atoms with E-state index in [1.807, 2.05) is 37.0 Å². The minimum absolute atomic E-state index is 0.213. The van der Waals surface area contributed by atoms with Crippen molar-refractivity contribution >= 4 is 17.7 Å². The molecule has 1 amide bonds. The van der Waals surface area contributed by atoms with E-state index >= 15 is 0 Å². The summed E-state index contributed by atoms with van der Waals surface area (Å²) in [6.45, 7) is 3.80. The van der Waals surface area contributed by atoms with Gasteiger partial charge in [-0.15, -0.1) is 0 Å². The van der Waals surface area contributed by atoms with Crippen LogP contribution in [0.25, 0.3) is 0 Å². The summed E-state index contributed by atoms with van der Waals surface area (Å²) in [6.07, 6.45) is 3.85. The lowest BCUT2D eigenvalue weighted by Gasteiger charge is -1.95. The molecular formula is C10H21ClN2O. The van der Waals surface area contributed by atoms with Crippen molar-refractivity contribution in [1.82, 2.24) is 9.74 Å². The Morgan fingerprint density at radius 1 is 1.43 bits per heavy atom. The second-order valence-electron chi connectivity index (χ2n) is 3.44. The molecule has 84 valence electrons. The molecule has 0 bridgehead atoms. The Morgan fingerprint density at radius 3 is 2.14 bits per heavy atom. The first-order valence-electron chi connectivity index (χ1n) is 4.64. The van der Waals surface area contributed by atoms with Crippen LogP contribution in [0.15, 0.2) is 11.6 Å². The van der Waals surface area contributed by atoms with Crippen LogP contribution in [0.3, 0.4) is 0 Å². The minimum Gasteiger partial charge on any atom is -0.312 e. The average Bonchev–Trinajstić information content (AvgIpc) is 2.11. The van der Waals surface area contributed by atoms with Gasteiger partial charge in [0.25, 0.3) is 5.91 Å². The van der Waals surface area contributed by atoms with Gasteiger partial charge in [-0.05, 0) is 34.5 Å². The predicted octanol–water partition coefficient (Wildman–Crippen LogP) is 2.18. The second-order valence-corrected chi connectivity index (χ2v) is 3.63. The smallest absolute Gasteiger partial charge is 0.260 e. The molecule has 0 aromatic carbocycles. The fourth-order valence-electron chi connectivity index (χ4n) is 0.528. The number of hydrogen-bond donors (Lipinski definition) is 1. The van der Waals surface area contributed by atoms with Gasteiger partial charge in [-0.2, -0.15) is 0 Å². The standard InChI is InChI=1S/C7H12ClNO.C3H9N/c1-3-4-5-6(2)7(10)9-8;1-4(2)3/h5H,3-4H2,1-2H3,(H,9,10);1-3H3. The summed E-state index contributed by atoms with van der Waals surface area (Å²) in [7, 11) is 6.00. The third kappa shape index (κ3) is 14.0. The largest absolute Gasteiger partial charge is 0.312 e. The fraction of sp³-hybridized carbons (Fsp3) is 0.700. The third-order valence-electron chi connectivity index (χ3n) is 1.18. The second kappa shape index (κ2) is 10.5. The number of allylic oxidation sites excluding steroid dienone is 1. The first-order chi connectivity index (χ1) is 6.45. The fourth-order valence-corrected chi connectivity index (χ4v) is 0.677. The van der Waals surface area contributed by atoms with E-state index in [1.165, 1.54) is 0 Å². The lowest BCUT2D eigenvalue weighted by Crippen LogP contribution is -2.12. The molecule has 0 radical (unpaired) electrons. The zero-order valence-corrected chi connectivity index (χ0v) is 10.5. The van der Waals surface area contributed by atoms with E-state index in [0.717, 1.165) is 12.8 Å². The van der Waals surface area contributed by atoms with Gasteiger partial charge in [-0.3, -0.25) is 9.63 Å². The summed E-state index contributed by atoms with van der Waals surface area (Å²) in [5.74, 6) is -0.213. The average molecular weight is 221 g/mol. The van der Waals surface area contributed by atoms with Gasteiger partial charge in [0.2, 0.25) is 0 Å². The summed E-state index contributed by atoms with van der Waals surface area (Å²) in [5.41, 5.74) is 0.678. The van der Waals surface area contributed by atoms with Crippen LogP contribution >= 0.6 is 11.8 Å². The SMILES string of the molecule is CCCC=C(C)C(=O)NCl.CN(C)C. The molecule has 0 heterocycles. The van der Waals surface area contributed by atoms with Crippen molar-refractivity contribution in [2.45, 2.75) is 26.7 Å². The van der Waals surface area contributed by atoms with E-state index in [-0.39, 0.29) is 5.91 Å². The van der Waals surface area contributed by atoms with Crippen LogP contribution in [0.4, 0.5) is 0 Å². The topological polar surface area (TPSA) is 32.3 Å². The highest BCUT2D eigenvalue weighted by molar-refractivity contribution is 6.23. The zero-order valence-electron chi connectivity index (χ0n) is 9.72. The van der Waals surface area contributed by atoms with Gasteiger partial charge in [0.15, 0.2) is 0 Å². The van der Waals surface area contributed by atoms with Gasteiger partial charge >= 0.3 is 0 Å². The van der Waals surface area contributed by atoms with E-state index in [1.54, 1.807) is 6.92 Å². The van der Waals surface area contributed by atoms with Crippen molar-refractivity contribution in [1.29, 1.82) is 0 Å². The molecule has 0 aromatic heterocycles. The number of unbranched alkanes of at least 4 members (excludes halogenated alkanes) is 1. The van der Waals surface area contributed by atoms with Crippen molar-refractivity contribution in [3.63, 3.8) is 0 Å². The Bertz CT molecular complexity index is 176. The van der Waals surface area contributed by atoms with Crippen molar-refractivity contribution in [2.24, 2.45) is 0 Å². The Kier molecular flexibility index (Phi) is 12.0. The van der Waals surface area contributed by atoms with Crippen LogP contribution in [0.1, 0.15) is 26.7 Å². The van der Waals surface area contributed by atoms with E-state index in [2.05, 4.69) is 6.92 Å². The third-order valence-corrected chi connectivity index (χ3v) is 1.35. The number of halogens is 1. The highest BCUT2D eigenvalue weighted by Gasteiger charge is 1.98. The van der Waals surface area contributed by atoms with E-state index in [4.69, 9.17) is 11.8 Å². The maximum absolute atomic E-state index is 10.7. The molecule has 14 heavy (non-hydrogen) atoms. The first-order valence-corrected chi connectivity index (χ1v) is 5.02. The molecule has 0 unspecified atom stereocenters. The number of carbonyl (C=O) groups excluding carboxylic acids is 1. The van der Waals surface area contributed by atoms with Crippen LogP contribution in [0.5, 0.6) is 0 Å². The molecule has 0 spiro atoms. The van der Waals surface area contributed by atoms with Gasteiger partial charge in [0.05, 0.1) is 0 Å². The molecular weight excluding hydrogens is 200 g/mol. The molecule has 0 rings (SSSR count). The van der Waals surface area contributed by atoms with Crippen LogP contribution in [0.2, 0.25) is 0 Å². The van der Waals surface area contributed by atoms with Crippen molar-refractivity contribution in [3.8, 4) is 0 Å². The highest BCUT2D eigenvalue weighted by Crippen LogP contribution is 1.97. The Balaban J connectivity index is 0. The number of nitrogens with one attached hydrogen (secondary N) is 1. The Hall–Kier alpha value is -0.540. The molecule has 1 N–H and O–H groups in total. The molecule has 0 aliphatic carbocycles. The molecule has 3 nitrogen and oxygen atoms in total. The van der Waals surface area contributed by atoms with Crippen LogP contribution in [0, 0.1) is 0 Å². The molecule has 0 saturated carbocycles. The molecule has 0 aliphatic rings. The lowest BCUT2D eigenvalue weighted by atomic mass is 10.2. The number of rotatable bonds is 3. The van der Waals surface area contributed by atoms with E-state index in [0.29, 0.717) is 5.57 Å². The Labute approximate surface area is 92.2 Å². The van der Waals surface area contributed by atoms with Crippen LogP contribution in [-0.4, -0.2) is 32.0 Å². The summed E-state index contributed by atoms with van der Waals surface area (Å²) >= 11 is 5.09. The zero-order chi connectivity index (χ0) is 11.6. The monoisotopic (exact) mass is 220 g/mol. The number of amides is 1. The predicted molar refractivity (Wildman–Crippen MR) is 62.3 cm³/mol. The normalized spacial score (nSPS) is 10.6. The molecule has 0 saturated heterocycles. The van der Waals surface area contributed by atoms with Gasteiger partial charge in [-0.1, -0.05) is 19.4 Å². The maximum Gasteiger partial charge on any atom is 0.260 e. The summed E-state index contributed by atoms with van der Waals surface area (Å²) in [4.78, 5) is 14.7. The van der Waals surface area contributed by atoms with Gasteiger partial charge in [0.1, 0.15) is 0 Å². The van der Waals surface area contributed by atoms with E-state index < -0.39 is 0 Å². The lowest BCUT2D eigenvalue weighted by molar-refractivity contribution is -0.115. The van der Waals surface area contributed by atoms with Crippen molar-refractivity contribution in [2.75, 3.05) is 21.1 Å². The first kappa shape index (κ1) is 15.9. The maximum atomic E-state index is 10.7. The van der Waals surface area contributed by atoms with Gasteiger partial charge < -0.3 is 4.90 Å². The van der Waals surface area contributed by atoms with E-state index in [9.17, 15) is 4.79 Å². The van der Waals surface area contributed by atoms with Gasteiger partial charge in [0, 0.05) is 17.3 Å². The number of nitrogens with zero attached hydrogens (tertiary/aromatic N) is 1. The molecule has 0 atom stereocenters. The molecule has 0 aliphatic heterocycles.